The van der Waals surface area contributed by atoms with Crippen molar-refractivity contribution in [3.63, 3.8) is 0 Å². The lowest BCUT2D eigenvalue weighted by Gasteiger charge is -2.09. The van der Waals surface area contributed by atoms with Crippen LogP contribution in [0.4, 0.5) is 0 Å². The summed E-state index contributed by atoms with van der Waals surface area (Å²) < 4.78 is 5.30. The van der Waals surface area contributed by atoms with E-state index in [2.05, 4.69) is 12.2 Å². The second kappa shape index (κ2) is 7.69. The molecule has 1 N–H and O–H groups in total. The van der Waals surface area contributed by atoms with Crippen molar-refractivity contribution in [2.24, 2.45) is 0 Å². The zero-order valence-corrected chi connectivity index (χ0v) is 9.76. The minimum absolute atomic E-state index is 0.0861. The summed E-state index contributed by atoms with van der Waals surface area (Å²) in [7, 11) is 0. The Balaban J connectivity index is 1.92. The molecule has 0 aliphatic carbocycles. The van der Waals surface area contributed by atoms with Crippen molar-refractivity contribution in [2.45, 2.75) is 58.0 Å². The number of amides is 1. The van der Waals surface area contributed by atoms with Crippen LogP contribution in [0.25, 0.3) is 0 Å². The third-order valence-electron chi connectivity index (χ3n) is 2.80. The number of hydrogen-bond donors (Lipinski definition) is 1. The Morgan fingerprint density at radius 2 is 2.13 bits per heavy atom. The molecule has 0 bridgehead atoms. The highest BCUT2D eigenvalue weighted by Crippen LogP contribution is 2.11. The Morgan fingerprint density at radius 1 is 1.33 bits per heavy atom. The summed E-state index contributed by atoms with van der Waals surface area (Å²) in [5, 5.41) is 2.94. The average molecular weight is 213 g/mol. The van der Waals surface area contributed by atoms with Gasteiger partial charge in [-0.3, -0.25) is 4.79 Å². The number of unbranched alkanes of at least 4 members (excludes halogenated alkanes) is 4. The van der Waals surface area contributed by atoms with Gasteiger partial charge in [0.15, 0.2) is 0 Å². The first-order chi connectivity index (χ1) is 7.34. The van der Waals surface area contributed by atoms with Crippen LogP contribution < -0.4 is 5.32 Å². The van der Waals surface area contributed by atoms with Gasteiger partial charge in [0.2, 0.25) is 5.91 Å². The highest BCUT2D eigenvalue weighted by atomic mass is 16.5. The van der Waals surface area contributed by atoms with Gasteiger partial charge in [-0.2, -0.15) is 0 Å². The quantitative estimate of drug-likeness (QED) is 0.659. The van der Waals surface area contributed by atoms with Crippen LogP contribution >= 0.6 is 0 Å². The van der Waals surface area contributed by atoms with E-state index in [4.69, 9.17) is 4.74 Å². The van der Waals surface area contributed by atoms with Crippen molar-refractivity contribution in [2.75, 3.05) is 13.2 Å². The molecule has 0 radical (unpaired) electrons. The smallest absolute Gasteiger partial charge is 0.249 e. The standard InChI is InChI=1S/C12H23NO2/c1-2-3-4-5-6-9-13-12(14)11-8-7-10-15-11/h11H,2-10H2,1H3,(H,13,14). The molecule has 0 aromatic rings. The van der Waals surface area contributed by atoms with Crippen LogP contribution in [0.5, 0.6) is 0 Å². The molecular formula is C12H23NO2. The van der Waals surface area contributed by atoms with E-state index in [-0.39, 0.29) is 12.0 Å². The molecule has 1 aliphatic rings. The van der Waals surface area contributed by atoms with Gasteiger partial charge in [-0.1, -0.05) is 32.6 Å². The van der Waals surface area contributed by atoms with Crippen LogP contribution in [0.15, 0.2) is 0 Å². The SMILES string of the molecule is CCCCCCCNC(=O)C1CCCO1. The highest BCUT2D eigenvalue weighted by Gasteiger charge is 2.22. The molecular weight excluding hydrogens is 190 g/mol. The van der Waals surface area contributed by atoms with E-state index in [1.807, 2.05) is 0 Å². The number of carbonyl (C=O) groups is 1. The molecule has 1 aliphatic heterocycles. The molecule has 1 saturated heterocycles. The third kappa shape index (κ3) is 5.17. The summed E-state index contributed by atoms with van der Waals surface area (Å²) in [6, 6.07) is 0. The first-order valence-electron chi connectivity index (χ1n) is 6.24. The van der Waals surface area contributed by atoms with E-state index in [9.17, 15) is 4.79 Å². The first kappa shape index (κ1) is 12.5. The first-order valence-corrected chi connectivity index (χ1v) is 6.24. The van der Waals surface area contributed by atoms with Crippen molar-refractivity contribution in [3.05, 3.63) is 0 Å². The number of rotatable bonds is 7. The second-order valence-electron chi connectivity index (χ2n) is 4.21. The van der Waals surface area contributed by atoms with Crippen molar-refractivity contribution < 1.29 is 9.53 Å². The van der Waals surface area contributed by atoms with Crippen LogP contribution in [-0.2, 0) is 9.53 Å². The summed E-state index contributed by atoms with van der Waals surface area (Å²) >= 11 is 0. The van der Waals surface area contributed by atoms with Crippen LogP contribution in [0.2, 0.25) is 0 Å². The maximum absolute atomic E-state index is 11.5. The van der Waals surface area contributed by atoms with Gasteiger partial charge < -0.3 is 10.1 Å². The fourth-order valence-electron chi connectivity index (χ4n) is 1.84. The Morgan fingerprint density at radius 3 is 2.80 bits per heavy atom. The largest absolute Gasteiger partial charge is 0.368 e. The van der Waals surface area contributed by atoms with E-state index in [0.29, 0.717) is 0 Å². The molecule has 1 atom stereocenters. The molecule has 88 valence electrons. The second-order valence-corrected chi connectivity index (χ2v) is 4.21. The van der Waals surface area contributed by atoms with Gasteiger partial charge in [-0.25, -0.2) is 0 Å². The topological polar surface area (TPSA) is 38.3 Å². The molecule has 0 aromatic heterocycles. The fraction of sp³-hybridized carbons (Fsp3) is 0.917. The zero-order chi connectivity index (χ0) is 10.9. The molecule has 1 fully saturated rings. The number of nitrogens with one attached hydrogen (secondary N) is 1. The van der Waals surface area contributed by atoms with Gasteiger partial charge in [-0.15, -0.1) is 0 Å². The van der Waals surface area contributed by atoms with Gasteiger partial charge in [-0.05, 0) is 19.3 Å². The minimum Gasteiger partial charge on any atom is -0.368 e. The summed E-state index contributed by atoms with van der Waals surface area (Å²) in [5.41, 5.74) is 0. The van der Waals surface area contributed by atoms with Gasteiger partial charge in [0.1, 0.15) is 6.10 Å². The molecule has 1 rings (SSSR count). The number of hydrogen-bond acceptors (Lipinski definition) is 2. The zero-order valence-electron chi connectivity index (χ0n) is 9.76. The number of ether oxygens (including phenoxy) is 1. The van der Waals surface area contributed by atoms with E-state index in [1.54, 1.807) is 0 Å². The Hall–Kier alpha value is -0.570. The van der Waals surface area contributed by atoms with Gasteiger partial charge in [0, 0.05) is 13.2 Å². The van der Waals surface area contributed by atoms with Gasteiger partial charge in [0.05, 0.1) is 0 Å². The van der Waals surface area contributed by atoms with E-state index >= 15 is 0 Å². The molecule has 3 nitrogen and oxygen atoms in total. The maximum Gasteiger partial charge on any atom is 0.249 e. The molecule has 1 heterocycles. The van der Waals surface area contributed by atoms with Crippen molar-refractivity contribution in [1.29, 1.82) is 0 Å². The predicted molar refractivity (Wildman–Crippen MR) is 60.7 cm³/mol. The molecule has 0 aromatic carbocycles. The Kier molecular flexibility index (Phi) is 6.41. The average Bonchev–Trinajstić information content (AvgIpc) is 2.76. The third-order valence-corrected chi connectivity index (χ3v) is 2.80. The van der Waals surface area contributed by atoms with E-state index in [1.165, 1.54) is 25.7 Å². The van der Waals surface area contributed by atoms with Crippen molar-refractivity contribution in [3.8, 4) is 0 Å². The molecule has 1 amide bonds. The van der Waals surface area contributed by atoms with Crippen molar-refractivity contribution in [1.82, 2.24) is 5.32 Å². The fourth-order valence-corrected chi connectivity index (χ4v) is 1.84. The molecule has 0 saturated carbocycles. The maximum atomic E-state index is 11.5. The van der Waals surface area contributed by atoms with E-state index in [0.717, 1.165) is 32.4 Å². The lowest BCUT2D eigenvalue weighted by Crippen LogP contribution is -2.34. The van der Waals surface area contributed by atoms with Gasteiger partial charge >= 0.3 is 0 Å². The molecule has 1 unspecified atom stereocenters. The Labute approximate surface area is 92.6 Å². The van der Waals surface area contributed by atoms with Crippen molar-refractivity contribution >= 4 is 5.91 Å². The molecule has 0 spiro atoms. The van der Waals surface area contributed by atoms with Gasteiger partial charge in [0.25, 0.3) is 0 Å². The minimum atomic E-state index is -0.166. The van der Waals surface area contributed by atoms with Crippen LogP contribution in [0.3, 0.4) is 0 Å². The normalized spacial score (nSPS) is 20.5. The van der Waals surface area contributed by atoms with E-state index < -0.39 is 0 Å². The summed E-state index contributed by atoms with van der Waals surface area (Å²) in [4.78, 5) is 11.5. The summed E-state index contributed by atoms with van der Waals surface area (Å²) in [6.45, 7) is 3.76. The monoisotopic (exact) mass is 213 g/mol. The lowest BCUT2D eigenvalue weighted by atomic mass is 10.1. The molecule has 15 heavy (non-hydrogen) atoms. The van der Waals surface area contributed by atoms with Crippen LogP contribution in [0, 0.1) is 0 Å². The Bertz CT molecular complexity index is 176. The molecule has 3 heteroatoms. The summed E-state index contributed by atoms with van der Waals surface area (Å²) in [5.74, 6) is 0.0861. The number of carbonyl (C=O) groups excluding carboxylic acids is 1. The van der Waals surface area contributed by atoms with Crippen LogP contribution in [-0.4, -0.2) is 25.2 Å². The van der Waals surface area contributed by atoms with Crippen LogP contribution in [0.1, 0.15) is 51.9 Å². The predicted octanol–water partition coefficient (Wildman–Crippen LogP) is 2.25. The lowest BCUT2D eigenvalue weighted by molar-refractivity contribution is -0.130. The highest BCUT2D eigenvalue weighted by molar-refractivity contribution is 5.80. The summed E-state index contributed by atoms with van der Waals surface area (Å²) in [6.07, 6.45) is 7.92.